The van der Waals surface area contributed by atoms with Gasteiger partial charge in [-0.15, -0.1) is 0 Å². The number of benzene rings is 1. The zero-order valence-electron chi connectivity index (χ0n) is 9.92. The second-order valence-electron chi connectivity index (χ2n) is 3.88. The monoisotopic (exact) mass is 349 g/mol. The molecule has 0 unspecified atom stereocenters. The van der Waals surface area contributed by atoms with E-state index in [1.54, 1.807) is 0 Å². The Labute approximate surface area is 120 Å². The second-order valence-corrected chi connectivity index (χ2v) is 4.73. The van der Waals surface area contributed by atoms with Crippen molar-refractivity contribution in [2.75, 3.05) is 0 Å². The van der Waals surface area contributed by atoms with Crippen molar-refractivity contribution >= 4 is 15.9 Å². The molecule has 1 heterocycles. The zero-order chi connectivity index (χ0) is 14.8. The minimum absolute atomic E-state index is 0.137. The van der Waals surface area contributed by atoms with Crippen LogP contribution in [0.2, 0.25) is 0 Å². The van der Waals surface area contributed by atoms with E-state index in [0.717, 1.165) is 6.07 Å². The number of aromatic nitrogens is 1. The Morgan fingerprint density at radius 2 is 1.90 bits per heavy atom. The highest BCUT2D eigenvalue weighted by atomic mass is 79.9. The standard InChI is InChI=1S/C13H8BrF4NO/c14-10-6-9(4-5-11(10)15)20-7-8-2-1-3-12(19-8)13(16,17)18/h1-6H,7H2. The average molecular weight is 350 g/mol. The van der Waals surface area contributed by atoms with Crippen molar-refractivity contribution in [3.8, 4) is 5.75 Å². The van der Waals surface area contributed by atoms with Crippen molar-refractivity contribution in [1.82, 2.24) is 4.98 Å². The van der Waals surface area contributed by atoms with Crippen LogP contribution in [0.5, 0.6) is 5.75 Å². The summed E-state index contributed by atoms with van der Waals surface area (Å²) in [6.07, 6.45) is -4.49. The molecular weight excluding hydrogens is 342 g/mol. The van der Waals surface area contributed by atoms with E-state index in [9.17, 15) is 17.6 Å². The lowest BCUT2D eigenvalue weighted by Crippen LogP contribution is -2.10. The molecule has 0 saturated heterocycles. The third-order valence-corrected chi connectivity index (χ3v) is 2.98. The van der Waals surface area contributed by atoms with Crippen molar-refractivity contribution in [1.29, 1.82) is 0 Å². The molecule has 7 heteroatoms. The Kier molecular flexibility index (Phi) is 4.27. The summed E-state index contributed by atoms with van der Waals surface area (Å²) in [5, 5.41) is 0. The largest absolute Gasteiger partial charge is 0.487 e. The first-order valence-corrected chi connectivity index (χ1v) is 6.26. The normalized spacial score (nSPS) is 11.4. The molecule has 0 saturated carbocycles. The summed E-state index contributed by atoms with van der Waals surface area (Å²) in [7, 11) is 0. The minimum atomic E-state index is -4.49. The average Bonchev–Trinajstić information content (AvgIpc) is 2.39. The van der Waals surface area contributed by atoms with Gasteiger partial charge in [0.15, 0.2) is 0 Å². The molecule has 0 fully saturated rings. The number of alkyl halides is 3. The topological polar surface area (TPSA) is 22.1 Å². The van der Waals surface area contributed by atoms with Gasteiger partial charge in [-0.3, -0.25) is 0 Å². The van der Waals surface area contributed by atoms with Gasteiger partial charge in [-0.05, 0) is 46.3 Å². The molecule has 2 aromatic rings. The number of ether oxygens (including phenoxy) is 1. The number of pyridine rings is 1. The first-order chi connectivity index (χ1) is 9.36. The third-order valence-electron chi connectivity index (χ3n) is 2.37. The van der Waals surface area contributed by atoms with Crippen LogP contribution in [0.25, 0.3) is 0 Å². The van der Waals surface area contributed by atoms with Crippen LogP contribution in [0.15, 0.2) is 40.9 Å². The van der Waals surface area contributed by atoms with Crippen LogP contribution in [0, 0.1) is 5.82 Å². The molecule has 0 aliphatic heterocycles. The lowest BCUT2D eigenvalue weighted by Gasteiger charge is -2.09. The van der Waals surface area contributed by atoms with Crippen molar-refractivity contribution in [3.63, 3.8) is 0 Å². The van der Waals surface area contributed by atoms with E-state index in [2.05, 4.69) is 20.9 Å². The summed E-state index contributed by atoms with van der Waals surface area (Å²) in [5.74, 6) is -0.118. The molecule has 0 spiro atoms. The van der Waals surface area contributed by atoms with Crippen LogP contribution >= 0.6 is 15.9 Å². The molecular formula is C13H8BrF4NO. The number of rotatable bonds is 3. The summed E-state index contributed by atoms with van der Waals surface area (Å²) in [6.45, 7) is -0.137. The van der Waals surface area contributed by atoms with E-state index in [1.165, 1.54) is 30.3 Å². The van der Waals surface area contributed by atoms with E-state index in [0.29, 0.717) is 5.75 Å². The number of halogens is 5. The van der Waals surface area contributed by atoms with Gasteiger partial charge in [0.05, 0.1) is 10.2 Å². The molecule has 0 bridgehead atoms. The number of nitrogens with zero attached hydrogens (tertiary/aromatic N) is 1. The highest BCUT2D eigenvalue weighted by Crippen LogP contribution is 2.27. The highest BCUT2D eigenvalue weighted by molar-refractivity contribution is 9.10. The van der Waals surface area contributed by atoms with E-state index >= 15 is 0 Å². The predicted molar refractivity (Wildman–Crippen MR) is 67.7 cm³/mol. The van der Waals surface area contributed by atoms with E-state index in [4.69, 9.17) is 4.74 Å². The van der Waals surface area contributed by atoms with Crippen LogP contribution in [0.1, 0.15) is 11.4 Å². The molecule has 2 rings (SSSR count). The fourth-order valence-electron chi connectivity index (χ4n) is 1.44. The molecule has 0 aliphatic rings. The van der Waals surface area contributed by atoms with Crippen LogP contribution in [-0.2, 0) is 12.8 Å². The quantitative estimate of drug-likeness (QED) is 0.756. The predicted octanol–water partition coefficient (Wildman–Crippen LogP) is 4.58. The first kappa shape index (κ1) is 14.8. The fraction of sp³-hybridized carbons (Fsp3) is 0.154. The van der Waals surface area contributed by atoms with Crippen molar-refractivity contribution in [2.24, 2.45) is 0 Å². The van der Waals surface area contributed by atoms with Gasteiger partial charge in [-0.25, -0.2) is 9.37 Å². The van der Waals surface area contributed by atoms with Crippen LogP contribution in [0.4, 0.5) is 17.6 Å². The zero-order valence-corrected chi connectivity index (χ0v) is 11.5. The van der Waals surface area contributed by atoms with Crippen molar-refractivity contribution in [2.45, 2.75) is 12.8 Å². The summed E-state index contributed by atoms with van der Waals surface area (Å²) in [6, 6.07) is 7.54. The van der Waals surface area contributed by atoms with E-state index < -0.39 is 17.7 Å². The second kappa shape index (κ2) is 5.78. The van der Waals surface area contributed by atoms with E-state index in [1.807, 2.05) is 0 Å². The summed E-state index contributed by atoms with van der Waals surface area (Å²) >= 11 is 2.99. The Balaban J connectivity index is 2.09. The van der Waals surface area contributed by atoms with Gasteiger partial charge in [0, 0.05) is 0 Å². The van der Waals surface area contributed by atoms with Gasteiger partial charge in [0.1, 0.15) is 23.9 Å². The minimum Gasteiger partial charge on any atom is -0.487 e. The molecule has 106 valence electrons. The van der Waals surface area contributed by atoms with Crippen LogP contribution in [0.3, 0.4) is 0 Å². The molecule has 0 amide bonds. The SMILES string of the molecule is Fc1ccc(OCc2cccc(C(F)(F)F)n2)cc1Br. The first-order valence-electron chi connectivity index (χ1n) is 5.47. The summed E-state index contributed by atoms with van der Waals surface area (Å²) < 4.78 is 55.9. The van der Waals surface area contributed by atoms with Crippen LogP contribution < -0.4 is 4.74 Å². The van der Waals surface area contributed by atoms with E-state index in [-0.39, 0.29) is 16.8 Å². The molecule has 0 aliphatic carbocycles. The summed E-state index contributed by atoms with van der Waals surface area (Å²) in [5.41, 5.74) is -0.834. The highest BCUT2D eigenvalue weighted by Gasteiger charge is 2.32. The van der Waals surface area contributed by atoms with Gasteiger partial charge < -0.3 is 4.74 Å². The Bertz CT molecular complexity index is 616. The molecule has 1 aromatic heterocycles. The molecule has 0 N–H and O–H groups in total. The van der Waals surface area contributed by atoms with Crippen LogP contribution in [-0.4, -0.2) is 4.98 Å². The van der Waals surface area contributed by atoms with Crippen molar-refractivity contribution < 1.29 is 22.3 Å². The lowest BCUT2D eigenvalue weighted by atomic mass is 10.3. The Hall–Kier alpha value is -1.63. The Morgan fingerprint density at radius 1 is 1.15 bits per heavy atom. The summed E-state index contributed by atoms with van der Waals surface area (Å²) in [4.78, 5) is 3.46. The molecule has 20 heavy (non-hydrogen) atoms. The number of hydrogen-bond acceptors (Lipinski definition) is 2. The maximum Gasteiger partial charge on any atom is 0.433 e. The smallest absolute Gasteiger partial charge is 0.433 e. The molecule has 0 radical (unpaired) electrons. The Morgan fingerprint density at radius 3 is 2.55 bits per heavy atom. The van der Waals surface area contributed by atoms with Gasteiger partial charge >= 0.3 is 6.18 Å². The fourth-order valence-corrected chi connectivity index (χ4v) is 1.80. The molecule has 1 aromatic carbocycles. The number of hydrogen-bond donors (Lipinski definition) is 0. The van der Waals surface area contributed by atoms with Gasteiger partial charge in [-0.1, -0.05) is 6.07 Å². The van der Waals surface area contributed by atoms with Gasteiger partial charge in [0.25, 0.3) is 0 Å². The van der Waals surface area contributed by atoms with Gasteiger partial charge in [0.2, 0.25) is 0 Å². The third kappa shape index (κ3) is 3.69. The maximum absolute atomic E-state index is 13.0. The molecule has 0 atom stereocenters. The van der Waals surface area contributed by atoms with Crippen molar-refractivity contribution in [3.05, 3.63) is 58.1 Å². The van der Waals surface area contributed by atoms with Gasteiger partial charge in [-0.2, -0.15) is 13.2 Å². The lowest BCUT2D eigenvalue weighted by molar-refractivity contribution is -0.141. The maximum atomic E-state index is 13.0. The molecule has 2 nitrogen and oxygen atoms in total.